The van der Waals surface area contributed by atoms with E-state index < -0.39 is 11.3 Å². The molecule has 1 rings (SSSR count). The Kier molecular flexibility index (Phi) is 3.75. The SMILES string of the molecule is [N-]=[N+]=NN(c1ccccc1N=N)S(=O)O. The van der Waals surface area contributed by atoms with Crippen LogP contribution in [0.25, 0.3) is 10.4 Å². The second-order valence-corrected chi connectivity index (χ2v) is 3.09. The van der Waals surface area contributed by atoms with Gasteiger partial charge >= 0.3 is 11.3 Å². The molecular formula is C6H6N6O2S. The minimum absolute atomic E-state index is 0.0890. The van der Waals surface area contributed by atoms with Crippen molar-refractivity contribution in [3.05, 3.63) is 34.7 Å². The third-order valence-corrected chi connectivity index (χ3v) is 2.04. The Balaban J connectivity index is 3.27. The van der Waals surface area contributed by atoms with Crippen molar-refractivity contribution in [2.24, 2.45) is 10.3 Å². The number of rotatable bonds is 4. The molecule has 0 bridgehead atoms. The number of para-hydroxylation sites is 2. The van der Waals surface area contributed by atoms with Crippen molar-refractivity contribution < 1.29 is 8.76 Å². The fourth-order valence-corrected chi connectivity index (χ4v) is 1.34. The van der Waals surface area contributed by atoms with Gasteiger partial charge in [-0.3, -0.25) is 4.55 Å². The van der Waals surface area contributed by atoms with Crippen LogP contribution in [0.3, 0.4) is 0 Å². The Labute approximate surface area is 87.0 Å². The van der Waals surface area contributed by atoms with E-state index in [4.69, 9.17) is 15.6 Å². The molecule has 78 valence electrons. The first-order valence-electron chi connectivity index (χ1n) is 3.63. The molecule has 0 aliphatic carbocycles. The standard InChI is InChI=1S/C6H6N6O2S/c7-9-5-3-1-2-4-6(5)12(11-10-8)15(13)14/h1-4,7H,(H,13,14). The lowest BCUT2D eigenvalue weighted by molar-refractivity contribution is 0.560. The molecule has 2 N–H and O–H groups in total. The first-order chi connectivity index (χ1) is 7.20. The summed E-state index contributed by atoms with van der Waals surface area (Å²) in [6.45, 7) is 0. The maximum atomic E-state index is 10.8. The zero-order valence-corrected chi connectivity index (χ0v) is 8.13. The van der Waals surface area contributed by atoms with Crippen LogP contribution in [0.5, 0.6) is 0 Å². The van der Waals surface area contributed by atoms with Gasteiger partial charge in [0.05, 0.1) is 0 Å². The van der Waals surface area contributed by atoms with Gasteiger partial charge in [-0.2, -0.15) is 14.2 Å². The lowest BCUT2D eigenvalue weighted by atomic mass is 10.3. The zero-order chi connectivity index (χ0) is 11.3. The Hall–Kier alpha value is -1.96. The number of azide groups is 1. The number of hydrogen-bond acceptors (Lipinski definition) is 4. The summed E-state index contributed by atoms with van der Waals surface area (Å²) in [5.74, 6) is 0. The van der Waals surface area contributed by atoms with Crippen molar-refractivity contribution >= 4 is 22.6 Å². The van der Waals surface area contributed by atoms with Crippen LogP contribution < -0.4 is 4.41 Å². The third kappa shape index (κ3) is 2.50. The van der Waals surface area contributed by atoms with Crippen LogP contribution in [0.4, 0.5) is 11.4 Å². The average Bonchev–Trinajstić information content (AvgIpc) is 2.25. The minimum Gasteiger partial charge on any atom is -0.271 e. The molecule has 1 aromatic rings. The molecule has 15 heavy (non-hydrogen) atoms. The Morgan fingerprint density at radius 1 is 1.53 bits per heavy atom. The molecule has 0 aliphatic heterocycles. The monoisotopic (exact) mass is 226 g/mol. The largest absolute Gasteiger partial charge is 0.359 e. The van der Waals surface area contributed by atoms with Crippen molar-refractivity contribution in [3.63, 3.8) is 0 Å². The number of nitrogens with zero attached hydrogens (tertiary/aromatic N) is 5. The van der Waals surface area contributed by atoms with E-state index in [1.54, 1.807) is 12.1 Å². The quantitative estimate of drug-likeness (QED) is 0.269. The van der Waals surface area contributed by atoms with E-state index in [0.717, 1.165) is 0 Å². The summed E-state index contributed by atoms with van der Waals surface area (Å²) in [6, 6.07) is 6.04. The lowest BCUT2D eigenvalue weighted by Gasteiger charge is -2.08. The van der Waals surface area contributed by atoms with Crippen molar-refractivity contribution in [2.75, 3.05) is 4.41 Å². The normalized spacial score (nSPS) is 11.3. The van der Waals surface area contributed by atoms with Crippen molar-refractivity contribution in [3.8, 4) is 0 Å². The summed E-state index contributed by atoms with van der Waals surface area (Å²) in [7, 11) is 0. The van der Waals surface area contributed by atoms with Gasteiger partial charge in [0.2, 0.25) is 0 Å². The van der Waals surface area contributed by atoms with Gasteiger partial charge in [-0.05, 0) is 12.1 Å². The van der Waals surface area contributed by atoms with Gasteiger partial charge in [-0.15, -0.1) is 5.53 Å². The lowest BCUT2D eigenvalue weighted by Crippen LogP contribution is -2.17. The van der Waals surface area contributed by atoms with E-state index in [2.05, 4.69) is 15.2 Å². The Bertz CT molecular complexity index is 441. The average molecular weight is 226 g/mol. The summed E-state index contributed by atoms with van der Waals surface area (Å²) in [5.41, 5.74) is 15.3. The van der Waals surface area contributed by atoms with Gasteiger partial charge in [-0.25, -0.2) is 5.53 Å². The number of hydrogen-bond donors (Lipinski definition) is 2. The second kappa shape index (κ2) is 5.05. The van der Waals surface area contributed by atoms with E-state index in [1.807, 2.05) is 0 Å². The summed E-state index contributed by atoms with van der Waals surface area (Å²) in [5, 5.41) is 6.16. The number of nitrogens with one attached hydrogen (secondary N) is 1. The molecule has 0 spiro atoms. The van der Waals surface area contributed by atoms with Gasteiger partial charge in [0.1, 0.15) is 5.69 Å². The van der Waals surface area contributed by atoms with Crippen LogP contribution in [-0.4, -0.2) is 8.76 Å². The molecule has 1 unspecified atom stereocenters. The van der Waals surface area contributed by atoms with Crippen LogP contribution in [0.15, 0.2) is 34.6 Å². The molecule has 0 aliphatic rings. The summed E-state index contributed by atoms with van der Waals surface area (Å²) in [4.78, 5) is 2.40. The van der Waals surface area contributed by atoms with E-state index in [1.165, 1.54) is 12.1 Å². The highest BCUT2D eigenvalue weighted by Crippen LogP contribution is 2.28. The number of anilines is 1. The fraction of sp³-hybridized carbons (Fsp3) is 0. The van der Waals surface area contributed by atoms with Gasteiger partial charge in [0, 0.05) is 5.22 Å². The molecule has 8 nitrogen and oxygen atoms in total. The molecular weight excluding hydrogens is 220 g/mol. The van der Waals surface area contributed by atoms with Gasteiger partial charge in [0.15, 0.2) is 5.69 Å². The maximum Gasteiger partial charge on any atom is 0.359 e. The van der Waals surface area contributed by atoms with Crippen molar-refractivity contribution in [1.29, 1.82) is 5.53 Å². The molecule has 9 heteroatoms. The molecule has 0 fully saturated rings. The summed E-state index contributed by atoms with van der Waals surface area (Å²) < 4.78 is 20.2. The third-order valence-electron chi connectivity index (χ3n) is 1.48. The van der Waals surface area contributed by atoms with Gasteiger partial charge in [0.25, 0.3) is 0 Å². The van der Waals surface area contributed by atoms with Crippen molar-refractivity contribution in [1.82, 2.24) is 0 Å². The Morgan fingerprint density at radius 3 is 2.73 bits per heavy atom. The van der Waals surface area contributed by atoms with Crippen LogP contribution in [0, 0.1) is 5.53 Å². The smallest absolute Gasteiger partial charge is 0.271 e. The predicted octanol–water partition coefficient (Wildman–Crippen LogP) is 2.52. The molecule has 0 radical (unpaired) electrons. The first kappa shape index (κ1) is 11.1. The molecule has 0 saturated heterocycles. The topological polar surface area (TPSA) is 126 Å². The van der Waals surface area contributed by atoms with Crippen LogP contribution in [-0.2, 0) is 11.3 Å². The molecule has 0 aromatic heterocycles. The second-order valence-electron chi connectivity index (χ2n) is 2.28. The van der Waals surface area contributed by atoms with E-state index >= 15 is 0 Å². The molecule has 0 saturated carbocycles. The minimum atomic E-state index is -2.50. The molecule has 1 atom stereocenters. The first-order valence-corrected chi connectivity index (χ1v) is 4.69. The maximum absolute atomic E-state index is 10.8. The summed E-state index contributed by atoms with van der Waals surface area (Å²) in [6.07, 6.45) is 0. The molecule has 1 aromatic carbocycles. The van der Waals surface area contributed by atoms with Crippen LogP contribution in [0.1, 0.15) is 0 Å². The van der Waals surface area contributed by atoms with Crippen LogP contribution >= 0.6 is 0 Å². The number of benzene rings is 1. The highest BCUT2D eigenvalue weighted by molar-refractivity contribution is 7.80. The highest BCUT2D eigenvalue weighted by Gasteiger charge is 2.19. The predicted molar refractivity (Wildman–Crippen MR) is 53.6 cm³/mol. The van der Waals surface area contributed by atoms with Gasteiger partial charge < -0.3 is 0 Å². The zero-order valence-electron chi connectivity index (χ0n) is 7.31. The van der Waals surface area contributed by atoms with E-state index in [0.29, 0.717) is 4.41 Å². The van der Waals surface area contributed by atoms with E-state index in [9.17, 15) is 4.21 Å². The van der Waals surface area contributed by atoms with Gasteiger partial charge in [-0.1, -0.05) is 16.5 Å². The summed E-state index contributed by atoms with van der Waals surface area (Å²) >= 11 is -2.50. The van der Waals surface area contributed by atoms with E-state index in [-0.39, 0.29) is 11.4 Å². The van der Waals surface area contributed by atoms with Crippen molar-refractivity contribution in [2.45, 2.75) is 0 Å². The fourth-order valence-electron chi connectivity index (χ4n) is 0.920. The Morgan fingerprint density at radius 2 is 2.20 bits per heavy atom. The highest BCUT2D eigenvalue weighted by atomic mass is 32.2. The van der Waals surface area contributed by atoms with Crippen LogP contribution in [0.2, 0.25) is 0 Å². The molecule has 0 heterocycles. The molecule has 0 amide bonds.